The molecular weight excluding hydrogens is 212 g/mol. The van der Waals surface area contributed by atoms with Gasteiger partial charge in [-0.1, -0.05) is 13.8 Å². The number of nitrogens with zero attached hydrogens (tertiary/aromatic N) is 2. The van der Waals surface area contributed by atoms with Crippen LogP contribution in [0.4, 0.5) is 0 Å². The van der Waals surface area contributed by atoms with E-state index in [-0.39, 0.29) is 5.41 Å². The first kappa shape index (κ1) is 14.5. The Morgan fingerprint density at radius 2 is 2.18 bits per heavy atom. The molecule has 0 radical (unpaired) electrons. The Balaban J connectivity index is 2.30. The number of likely N-dealkylation sites (N-methyl/N-ethyl adjacent to an activating group) is 2. The number of amidine groups is 1. The van der Waals surface area contributed by atoms with Crippen LogP contribution in [0.15, 0.2) is 0 Å². The summed E-state index contributed by atoms with van der Waals surface area (Å²) in [4.78, 5) is 4.82. The van der Waals surface area contributed by atoms with Crippen LogP contribution < -0.4 is 5.73 Å². The van der Waals surface area contributed by atoms with Crippen LogP contribution in [0.1, 0.15) is 33.1 Å². The fourth-order valence-corrected chi connectivity index (χ4v) is 2.27. The molecule has 100 valence electrons. The van der Waals surface area contributed by atoms with E-state index in [9.17, 15) is 0 Å². The van der Waals surface area contributed by atoms with Crippen molar-refractivity contribution in [2.24, 2.45) is 11.1 Å². The van der Waals surface area contributed by atoms with Crippen LogP contribution in [0.2, 0.25) is 0 Å². The first-order chi connectivity index (χ1) is 7.83. The summed E-state index contributed by atoms with van der Waals surface area (Å²) < 4.78 is 0. The summed E-state index contributed by atoms with van der Waals surface area (Å²) >= 11 is 0. The third-order valence-corrected chi connectivity index (χ3v) is 4.04. The second-order valence-corrected chi connectivity index (χ2v) is 6.09. The predicted octanol–water partition coefficient (Wildman–Crippen LogP) is 1.36. The van der Waals surface area contributed by atoms with Gasteiger partial charge < -0.3 is 15.5 Å². The molecule has 4 heteroatoms. The molecule has 1 heterocycles. The Kier molecular flexibility index (Phi) is 4.95. The van der Waals surface area contributed by atoms with Crippen molar-refractivity contribution in [2.75, 3.05) is 33.7 Å². The number of nitrogens with two attached hydrogens (primary N) is 1. The number of nitrogens with one attached hydrogen (secondary N) is 1. The Hall–Kier alpha value is -0.610. The van der Waals surface area contributed by atoms with Crippen molar-refractivity contribution in [1.29, 1.82) is 5.41 Å². The molecule has 1 aliphatic rings. The molecule has 0 aromatic heterocycles. The van der Waals surface area contributed by atoms with Gasteiger partial charge in [0.15, 0.2) is 0 Å². The lowest BCUT2D eigenvalue weighted by Crippen LogP contribution is -2.39. The summed E-state index contributed by atoms with van der Waals surface area (Å²) in [5.41, 5.74) is 5.43. The first-order valence-corrected chi connectivity index (χ1v) is 6.56. The van der Waals surface area contributed by atoms with Gasteiger partial charge in [-0.05, 0) is 46.4 Å². The summed E-state index contributed by atoms with van der Waals surface area (Å²) in [6.45, 7) is 7.47. The largest absolute Gasteiger partial charge is 0.387 e. The second kappa shape index (κ2) is 5.83. The van der Waals surface area contributed by atoms with E-state index in [4.69, 9.17) is 11.1 Å². The van der Waals surface area contributed by atoms with E-state index in [1.54, 1.807) is 0 Å². The Labute approximate surface area is 106 Å². The van der Waals surface area contributed by atoms with E-state index in [0.29, 0.717) is 11.9 Å². The van der Waals surface area contributed by atoms with E-state index >= 15 is 0 Å². The highest BCUT2D eigenvalue weighted by atomic mass is 15.2. The summed E-state index contributed by atoms with van der Waals surface area (Å²) in [6, 6.07) is 0.709. The van der Waals surface area contributed by atoms with Gasteiger partial charge in [0.25, 0.3) is 0 Å². The highest BCUT2D eigenvalue weighted by molar-refractivity contribution is 5.82. The molecule has 0 aromatic rings. The zero-order chi connectivity index (χ0) is 13.1. The maximum Gasteiger partial charge on any atom is 0.0963 e. The third-order valence-electron chi connectivity index (χ3n) is 4.04. The molecule has 0 bridgehead atoms. The number of hydrogen-bond donors (Lipinski definition) is 2. The lowest BCUT2D eigenvalue weighted by Gasteiger charge is -2.29. The van der Waals surface area contributed by atoms with Gasteiger partial charge in [-0.2, -0.15) is 0 Å². The summed E-state index contributed by atoms with van der Waals surface area (Å²) in [7, 11) is 4.38. The summed E-state index contributed by atoms with van der Waals surface area (Å²) in [5.74, 6) is 0.295. The van der Waals surface area contributed by atoms with Crippen LogP contribution in [-0.2, 0) is 0 Å². The molecule has 0 spiro atoms. The molecule has 17 heavy (non-hydrogen) atoms. The average Bonchev–Trinajstić information content (AvgIpc) is 2.61. The second-order valence-electron chi connectivity index (χ2n) is 6.09. The lowest BCUT2D eigenvalue weighted by atomic mass is 9.88. The van der Waals surface area contributed by atoms with Crippen LogP contribution in [-0.4, -0.2) is 55.4 Å². The first-order valence-electron chi connectivity index (χ1n) is 6.56. The van der Waals surface area contributed by atoms with Crippen molar-refractivity contribution in [1.82, 2.24) is 9.80 Å². The van der Waals surface area contributed by atoms with Gasteiger partial charge >= 0.3 is 0 Å². The zero-order valence-electron chi connectivity index (χ0n) is 11.8. The molecule has 3 N–H and O–H groups in total. The molecule has 1 unspecified atom stereocenters. The van der Waals surface area contributed by atoms with Crippen molar-refractivity contribution in [2.45, 2.75) is 39.2 Å². The van der Waals surface area contributed by atoms with E-state index in [0.717, 1.165) is 19.5 Å². The van der Waals surface area contributed by atoms with Crippen LogP contribution in [0, 0.1) is 10.8 Å². The van der Waals surface area contributed by atoms with Gasteiger partial charge in [0.1, 0.15) is 0 Å². The quantitative estimate of drug-likeness (QED) is 0.544. The molecule has 1 saturated heterocycles. The molecule has 0 amide bonds. The maximum absolute atomic E-state index is 7.55. The molecule has 1 fully saturated rings. The molecule has 0 aliphatic carbocycles. The topological polar surface area (TPSA) is 56.4 Å². The van der Waals surface area contributed by atoms with Gasteiger partial charge in [0, 0.05) is 18.0 Å². The van der Waals surface area contributed by atoms with Crippen LogP contribution in [0.5, 0.6) is 0 Å². The van der Waals surface area contributed by atoms with Crippen molar-refractivity contribution < 1.29 is 0 Å². The number of hydrogen-bond acceptors (Lipinski definition) is 3. The Morgan fingerprint density at radius 3 is 2.65 bits per heavy atom. The van der Waals surface area contributed by atoms with Gasteiger partial charge in [0.05, 0.1) is 5.84 Å². The van der Waals surface area contributed by atoms with E-state index in [1.165, 1.54) is 19.4 Å². The molecule has 0 aromatic carbocycles. The molecule has 4 nitrogen and oxygen atoms in total. The smallest absolute Gasteiger partial charge is 0.0963 e. The van der Waals surface area contributed by atoms with Crippen LogP contribution >= 0.6 is 0 Å². The predicted molar refractivity (Wildman–Crippen MR) is 73.5 cm³/mol. The van der Waals surface area contributed by atoms with Crippen molar-refractivity contribution in [3.05, 3.63) is 0 Å². The highest BCUT2D eigenvalue weighted by Gasteiger charge is 2.24. The zero-order valence-corrected chi connectivity index (χ0v) is 11.8. The number of rotatable bonds is 6. The summed E-state index contributed by atoms with van der Waals surface area (Å²) in [5, 5.41) is 7.55. The molecular formula is C13H28N4. The Morgan fingerprint density at radius 1 is 1.53 bits per heavy atom. The van der Waals surface area contributed by atoms with Gasteiger partial charge in [0.2, 0.25) is 0 Å². The normalized spacial score (nSPS) is 22.3. The fraction of sp³-hybridized carbons (Fsp3) is 0.923. The van der Waals surface area contributed by atoms with Crippen molar-refractivity contribution in [3.8, 4) is 0 Å². The average molecular weight is 240 g/mol. The van der Waals surface area contributed by atoms with Gasteiger partial charge in [-0.3, -0.25) is 5.41 Å². The van der Waals surface area contributed by atoms with Crippen LogP contribution in [0.3, 0.4) is 0 Å². The van der Waals surface area contributed by atoms with E-state index in [1.807, 2.05) is 13.8 Å². The van der Waals surface area contributed by atoms with Crippen molar-refractivity contribution >= 4 is 5.84 Å². The minimum atomic E-state index is -0.171. The maximum atomic E-state index is 7.55. The minimum absolute atomic E-state index is 0.171. The van der Waals surface area contributed by atoms with E-state index < -0.39 is 0 Å². The van der Waals surface area contributed by atoms with Crippen LogP contribution in [0.25, 0.3) is 0 Å². The Bertz CT molecular complexity index is 262. The minimum Gasteiger partial charge on any atom is -0.387 e. The third kappa shape index (κ3) is 4.28. The standard InChI is InChI=1S/C13H28N4/c1-13(2,12(14)15)7-9-16(3)10-11-6-5-8-17(11)4/h11H,5-10H2,1-4H3,(H3,14,15). The van der Waals surface area contributed by atoms with E-state index in [2.05, 4.69) is 23.9 Å². The number of likely N-dealkylation sites (tertiary alicyclic amines) is 1. The molecule has 1 aliphatic heterocycles. The highest BCUT2D eigenvalue weighted by Crippen LogP contribution is 2.21. The van der Waals surface area contributed by atoms with Crippen molar-refractivity contribution in [3.63, 3.8) is 0 Å². The lowest BCUT2D eigenvalue weighted by molar-refractivity contribution is 0.208. The fourth-order valence-electron chi connectivity index (χ4n) is 2.27. The van der Waals surface area contributed by atoms with Gasteiger partial charge in [-0.25, -0.2) is 0 Å². The molecule has 1 rings (SSSR count). The molecule has 1 atom stereocenters. The van der Waals surface area contributed by atoms with Gasteiger partial charge in [-0.15, -0.1) is 0 Å². The monoisotopic (exact) mass is 240 g/mol. The SMILES string of the molecule is CN(CCC(C)(C)C(=N)N)CC1CCCN1C. The molecule has 0 saturated carbocycles. The summed E-state index contributed by atoms with van der Waals surface area (Å²) in [6.07, 6.45) is 3.60.